The molecule has 34 heavy (non-hydrogen) atoms. The summed E-state index contributed by atoms with van der Waals surface area (Å²) >= 11 is 12.5. The topological polar surface area (TPSA) is 114 Å². The molecule has 188 valence electrons. The second kappa shape index (κ2) is 12.5. The summed E-state index contributed by atoms with van der Waals surface area (Å²) in [5.41, 5.74) is 8.06. The minimum atomic E-state index is -3.75. The third-order valence-corrected chi connectivity index (χ3v) is 7.74. The van der Waals surface area contributed by atoms with E-state index in [1.807, 2.05) is 13.1 Å². The second-order valence-electron chi connectivity index (χ2n) is 8.20. The quantitative estimate of drug-likeness (QED) is 0.340. The highest BCUT2D eigenvalue weighted by molar-refractivity contribution is 7.89. The predicted octanol–water partition coefficient (Wildman–Crippen LogP) is 2.57. The molecular formula is C23H31Cl2N3O5S. The maximum atomic E-state index is 12.7. The van der Waals surface area contributed by atoms with Crippen molar-refractivity contribution in [2.75, 3.05) is 46.6 Å². The molecule has 2 aromatic rings. The summed E-state index contributed by atoms with van der Waals surface area (Å²) in [6.07, 6.45) is 1.54. The van der Waals surface area contributed by atoms with E-state index in [0.717, 1.165) is 24.0 Å². The fourth-order valence-corrected chi connectivity index (χ4v) is 5.61. The average molecular weight is 532 g/mol. The summed E-state index contributed by atoms with van der Waals surface area (Å²) < 4.78 is 38.5. The maximum absolute atomic E-state index is 12.7. The lowest BCUT2D eigenvalue weighted by Gasteiger charge is -2.24. The summed E-state index contributed by atoms with van der Waals surface area (Å²) in [6, 6.07) is 8.14. The van der Waals surface area contributed by atoms with Crippen LogP contribution in [0.2, 0.25) is 10.0 Å². The molecule has 3 rings (SSSR count). The predicted molar refractivity (Wildman–Crippen MR) is 133 cm³/mol. The zero-order valence-electron chi connectivity index (χ0n) is 19.1. The number of likely N-dealkylation sites (N-methyl/N-ethyl adjacent to an activating group) is 1. The fourth-order valence-electron chi connectivity index (χ4n) is 3.93. The molecule has 0 saturated heterocycles. The van der Waals surface area contributed by atoms with Gasteiger partial charge in [-0.3, -0.25) is 4.90 Å². The van der Waals surface area contributed by atoms with Crippen LogP contribution in [0.3, 0.4) is 0 Å². The maximum Gasteiger partial charge on any atom is 0.240 e. The first kappa shape index (κ1) is 27.2. The summed E-state index contributed by atoms with van der Waals surface area (Å²) in [5.74, 6) is 0.0446. The number of phenols is 1. The molecule has 0 fully saturated rings. The number of hydrogen-bond donors (Lipinski definition) is 3. The van der Waals surface area contributed by atoms with Gasteiger partial charge in [-0.25, -0.2) is 13.1 Å². The molecule has 1 atom stereocenters. The van der Waals surface area contributed by atoms with E-state index in [0.29, 0.717) is 48.5 Å². The van der Waals surface area contributed by atoms with Gasteiger partial charge in [0.15, 0.2) is 0 Å². The molecule has 0 aliphatic heterocycles. The van der Waals surface area contributed by atoms with Gasteiger partial charge in [0.1, 0.15) is 5.75 Å². The zero-order valence-corrected chi connectivity index (χ0v) is 21.4. The number of nitrogens with one attached hydrogen (secondary N) is 1. The fraction of sp³-hybridized carbons (Fsp3) is 0.478. The van der Waals surface area contributed by atoms with Gasteiger partial charge in [-0.2, -0.15) is 0 Å². The number of aromatic hydroxyl groups is 1. The number of phenolic OH excluding ortho intramolecular Hbond substituents is 1. The van der Waals surface area contributed by atoms with E-state index in [1.165, 1.54) is 18.2 Å². The molecule has 1 unspecified atom stereocenters. The van der Waals surface area contributed by atoms with Crippen LogP contribution in [0.15, 0.2) is 35.2 Å². The zero-order chi connectivity index (χ0) is 24.7. The second-order valence-corrected chi connectivity index (χ2v) is 10.8. The third-order valence-electron chi connectivity index (χ3n) is 5.72. The van der Waals surface area contributed by atoms with Gasteiger partial charge in [0.2, 0.25) is 10.0 Å². The first-order valence-electron chi connectivity index (χ1n) is 11.1. The molecule has 0 bridgehead atoms. The SMILES string of the molecule is CN(Cc1cc(S(=O)(=O)NCCOCCOCCN)ccc1O)C1Cc2cc(Cl)cc(Cl)c2C1. The lowest BCUT2D eigenvalue weighted by atomic mass is 10.1. The van der Waals surface area contributed by atoms with Crippen molar-refractivity contribution in [2.24, 2.45) is 5.73 Å². The van der Waals surface area contributed by atoms with E-state index in [-0.39, 0.29) is 29.8 Å². The monoisotopic (exact) mass is 531 g/mol. The summed E-state index contributed by atoms with van der Waals surface area (Å²) in [5, 5.41) is 11.6. The highest BCUT2D eigenvalue weighted by Gasteiger charge is 2.28. The first-order chi connectivity index (χ1) is 16.2. The molecule has 4 N–H and O–H groups in total. The Morgan fingerprint density at radius 3 is 2.59 bits per heavy atom. The average Bonchev–Trinajstić information content (AvgIpc) is 3.21. The Kier molecular flexibility index (Phi) is 9.99. The van der Waals surface area contributed by atoms with E-state index >= 15 is 0 Å². The van der Waals surface area contributed by atoms with Gasteiger partial charge in [-0.1, -0.05) is 23.2 Å². The molecular weight excluding hydrogens is 501 g/mol. The van der Waals surface area contributed by atoms with Crippen LogP contribution < -0.4 is 10.5 Å². The number of nitrogens with zero attached hydrogens (tertiary/aromatic N) is 1. The Hall–Kier alpha value is -1.43. The number of halogens is 2. The van der Waals surface area contributed by atoms with E-state index in [2.05, 4.69) is 9.62 Å². The number of nitrogens with two attached hydrogens (primary N) is 1. The van der Waals surface area contributed by atoms with Crippen LogP contribution in [0.1, 0.15) is 16.7 Å². The van der Waals surface area contributed by atoms with Crippen molar-refractivity contribution in [1.82, 2.24) is 9.62 Å². The summed E-state index contributed by atoms with van der Waals surface area (Å²) in [7, 11) is -1.81. The number of hydrogen-bond acceptors (Lipinski definition) is 7. The number of benzene rings is 2. The molecule has 0 amide bonds. The number of fused-ring (bicyclic) bond motifs is 1. The number of sulfonamides is 1. The van der Waals surface area contributed by atoms with Crippen molar-refractivity contribution in [2.45, 2.75) is 30.3 Å². The highest BCUT2D eigenvalue weighted by Crippen LogP contribution is 2.34. The van der Waals surface area contributed by atoms with Crippen LogP contribution in [-0.2, 0) is 38.9 Å². The van der Waals surface area contributed by atoms with E-state index in [1.54, 1.807) is 6.07 Å². The van der Waals surface area contributed by atoms with Gasteiger partial charge in [0, 0.05) is 41.3 Å². The first-order valence-corrected chi connectivity index (χ1v) is 13.3. The van der Waals surface area contributed by atoms with E-state index < -0.39 is 10.0 Å². The van der Waals surface area contributed by atoms with E-state index in [4.69, 9.17) is 38.4 Å². The van der Waals surface area contributed by atoms with Gasteiger partial charge >= 0.3 is 0 Å². The van der Waals surface area contributed by atoms with Crippen LogP contribution in [0.5, 0.6) is 5.75 Å². The molecule has 8 nitrogen and oxygen atoms in total. The van der Waals surface area contributed by atoms with Gasteiger partial charge in [-0.05, 0) is 61.3 Å². The highest BCUT2D eigenvalue weighted by atomic mass is 35.5. The van der Waals surface area contributed by atoms with Crippen molar-refractivity contribution in [3.05, 3.63) is 57.1 Å². The number of ether oxygens (including phenoxy) is 2. The molecule has 0 heterocycles. The van der Waals surface area contributed by atoms with Gasteiger partial charge in [0.05, 0.1) is 31.3 Å². The molecule has 1 aliphatic rings. The molecule has 0 spiro atoms. The van der Waals surface area contributed by atoms with Crippen molar-refractivity contribution in [3.63, 3.8) is 0 Å². The van der Waals surface area contributed by atoms with Crippen molar-refractivity contribution in [3.8, 4) is 5.75 Å². The molecule has 0 saturated carbocycles. The minimum absolute atomic E-state index is 0.0446. The molecule has 1 aliphatic carbocycles. The molecule has 2 aromatic carbocycles. The lowest BCUT2D eigenvalue weighted by molar-refractivity contribution is 0.0530. The normalized spacial score (nSPS) is 15.7. The van der Waals surface area contributed by atoms with Crippen LogP contribution in [0.25, 0.3) is 0 Å². The molecule has 0 aromatic heterocycles. The van der Waals surface area contributed by atoms with Crippen LogP contribution in [-0.4, -0.2) is 71.0 Å². The summed E-state index contributed by atoms with van der Waals surface area (Å²) in [4.78, 5) is 2.17. The largest absolute Gasteiger partial charge is 0.508 e. The molecule has 11 heteroatoms. The van der Waals surface area contributed by atoms with Crippen LogP contribution >= 0.6 is 23.2 Å². The Morgan fingerprint density at radius 1 is 1.12 bits per heavy atom. The van der Waals surface area contributed by atoms with Crippen molar-refractivity contribution >= 4 is 33.2 Å². The van der Waals surface area contributed by atoms with Crippen LogP contribution in [0.4, 0.5) is 0 Å². The minimum Gasteiger partial charge on any atom is -0.508 e. The Bertz CT molecular complexity index is 1080. The van der Waals surface area contributed by atoms with Crippen molar-refractivity contribution in [1.29, 1.82) is 0 Å². The Morgan fingerprint density at radius 2 is 1.85 bits per heavy atom. The van der Waals surface area contributed by atoms with Gasteiger partial charge in [0.25, 0.3) is 0 Å². The summed E-state index contributed by atoms with van der Waals surface area (Å²) in [6.45, 7) is 2.40. The molecule has 0 radical (unpaired) electrons. The standard InChI is InChI=1S/C23H31Cl2N3O5S/c1-28(19-11-16-10-18(24)13-22(25)21(16)14-19)15-17-12-20(2-3-23(17)29)34(30,31)27-5-7-33-9-8-32-6-4-26/h2-3,10,12-13,19,27,29H,4-9,11,14-15,26H2,1H3. The lowest BCUT2D eigenvalue weighted by Crippen LogP contribution is -2.32. The smallest absolute Gasteiger partial charge is 0.240 e. The van der Waals surface area contributed by atoms with Crippen molar-refractivity contribution < 1.29 is 23.0 Å². The van der Waals surface area contributed by atoms with Crippen LogP contribution in [0, 0.1) is 0 Å². The van der Waals surface area contributed by atoms with E-state index in [9.17, 15) is 13.5 Å². The third kappa shape index (κ3) is 7.29. The van der Waals surface area contributed by atoms with Gasteiger partial charge < -0.3 is 20.3 Å². The van der Waals surface area contributed by atoms with Gasteiger partial charge in [-0.15, -0.1) is 0 Å². The Balaban J connectivity index is 1.56. The number of rotatable bonds is 13. The Labute approximate surface area is 211 Å².